The van der Waals surface area contributed by atoms with Crippen LogP contribution in [0.3, 0.4) is 0 Å². The Labute approximate surface area is 161 Å². The second-order valence-electron chi connectivity index (χ2n) is 7.81. The van der Waals surface area contributed by atoms with Crippen molar-refractivity contribution in [3.8, 4) is 0 Å². The fourth-order valence-corrected chi connectivity index (χ4v) is 4.25. The average molecular weight is 373 g/mol. The summed E-state index contributed by atoms with van der Waals surface area (Å²) in [6.07, 6.45) is 1.36. The number of hydrogen-bond acceptors (Lipinski definition) is 4. The molecule has 0 unspecified atom stereocenters. The molecule has 2 aliphatic rings. The molecule has 0 saturated carbocycles. The third-order valence-electron chi connectivity index (χ3n) is 5.62. The highest BCUT2D eigenvalue weighted by molar-refractivity contribution is 5.86. The van der Waals surface area contributed by atoms with E-state index in [2.05, 4.69) is 5.32 Å². The molecule has 0 radical (unpaired) electrons. The molecule has 2 saturated heterocycles. The number of carbonyl (C=O) groups excluding carboxylic acids is 2. The Balaban J connectivity index is 1.81. The van der Waals surface area contributed by atoms with Crippen LogP contribution in [0.4, 0.5) is 0 Å². The quantitative estimate of drug-likeness (QED) is 0.855. The number of nitrogens with one attached hydrogen (secondary N) is 1. The van der Waals surface area contributed by atoms with Crippen molar-refractivity contribution < 1.29 is 14.3 Å². The number of carbonyl (C=O) groups is 2. The molecule has 2 aliphatic heterocycles. The largest absolute Gasteiger partial charge is 0.356 e. The molecule has 0 bridgehead atoms. The number of likely N-dealkylation sites (tertiary alicyclic amines) is 1. The number of morpholine rings is 1. The molecule has 27 heavy (non-hydrogen) atoms. The zero-order valence-corrected chi connectivity index (χ0v) is 16.6. The smallest absolute Gasteiger partial charge is 0.254 e. The van der Waals surface area contributed by atoms with E-state index in [9.17, 15) is 9.59 Å². The maximum atomic E-state index is 13.3. The van der Waals surface area contributed by atoms with Gasteiger partial charge in [0, 0.05) is 19.1 Å². The van der Waals surface area contributed by atoms with Crippen molar-refractivity contribution in [3.63, 3.8) is 0 Å². The summed E-state index contributed by atoms with van der Waals surface area (Å²) in [5.41, 5.74) is 0.947. The lowest BCUT2D eigenvalue weighted by Gasteiger charge is -2.44. The third-order valence-corrected chi connectivity index (χ3v) is 5.62. The van der Waals surface area contributed by atoms with Crippen LogP contribution in [0.1, 0.15) is 38.3 Å². The van der Waals surface area contributed by atoms with Gasteiger partial charge in [0.2, 0.25) is 5.91 Å². The molecule has 0 spiro atoms. The second-order valence-corrected chi connectivity index (χ2v) is 7.81. The Hall–Kier alpha value is -1.92. The summed E-state index contributed by atoms with van der Waals surface area (Å²) >= 11 is 0. The van der Waals surface area contributed by atoms with Crippen molar-refractivity contribution in [2.24, 2.45) is 5.92 Å². The molecule has 2 heterocycles. The maximum Gasteiger partial charge on any atom is 0.254 e. The summed E-state index contributed by atoms with van der Waals surface area (Å²) in [4.78, 5) is 29.6. The first-order chi connectivity index (χ1) is 13.0. The van der Waals surface area contributed by atoms with Gasteiger partial charge in [-0.1, -0.05) is 30.3 Å². The molecule has 3 rings (SSSR count). The third kappa shape index (κ3) is 4.33. The van der Waals surface area contributed by atoms with Crippen molar-refractivity contribution >= 4 is 11.8 Å². The first-order valence-corrected chi connectivity index (χ1v) is 9.94. The van der Waals surface area contributed by atoms with Gasteiger partial charge in [0.05, 0.1) is 6.04 Å². The minimum Gasteiger partial charge on any atom is -0.356 e. The molecule has 2 amide bonds. The van der Waals surface area contributed by atoms with Gasteiger partial charge >= 0.3 is 0 Å². The topological polar surface area (TPSA) is 61.9 Å². The summed E-state index contributed by atoms with van der Waals surface area (Å²) in [7, 11) is 1.97. The number of amides is 2. The Bertz CT molecular complexity index is 641. The molecule has 2 fully saturated rings. The Morgan fingerprint density at radius 3 is 2.48 bits per heavy atom. The van der Waals surface area contributed by atoms with Gasteiger partial charge in [-0.3, -0.25) is 9.59 Å². The van der Waals surface area contributed by atoms with Gasteiger partial charge in [-0.05, 0) is 51.8 Å². The highest BCUT2D eigenvalue weighted by atomic mass is 16.5. The van der Waals surface area contributed by atoms with Gasteiger partial charge < -0.3 is 19.9 Å². The van der Waals surface area contributed by atoms with Crippen molar-refractivity contribution in [2.75, 3.05) is 33.3 Å². The van der Waals surface area contributed by atoms with E-state index in [-0.39, 0.29) is 30.5 Å². The zero-order chi connectivity index (χ0) is 19.4. The van der Waals surface area contributed by atoms with Gasteiger partial charge in [-0.2, -0.15) is 0 Å². The Kier molecular flexibility index (Phi) is 6.50. The van der Waals surface area contributed by atoms with Gasteiger partial charge in [-0.25, -0.2) is 0 Å². The molecule has 2 atom stereocenters. The zero-order valence-electron chi connectivity index (χ0n) is 16.6. The van der Waals surface area contributed by atoms with Crippen molar-refractivity contribution in [1.29, 1.82) is 0 Å². The van der Waals surface area contributed by atoms with E-state index >= 15 is 0 Å². The molecule has 6 nitrogen and oxygen atoms in total. The molecular weight excluding hydrogens is 342 g/mol. The lowest BCUT2D eigenvalue weighted by atomic mass is 9.93. The van der Waals surface area contributed by atoms with Gasteiger partial charge in [0.15, 0.2) is 6.10 Å². The molecule has 148 valence electrons. The summed E-state index contributed by atoms with van der Waals surface area (Å²) in [6, 6.07) is 9.40. The fraction of sp³-hybridized carbons (Fsp3) is 0.619. The van der Waals surface area contributed by atoms with Crippen LogP contribution in [0.2, 0.25) is 0 Å². The Morgan fingerprint density at radius 2 is 1.89 bits per heavy atom. The van der Waals surface area contributed by atoms with Crippen molar-refractivity contribution in [3.05, 3.63) is 35.9 Å². The Morgan fingerprint density at radius 1 is 1.22 bits per heavy atom. The summed E-state index contributed by atoms with van der Waals surface area (Å²) in [5, 5.41) is 3.22. The van der Waals surface area contributed by atoms with Gasteiger partial charge in [-0.15, -0.1) is 0 Å². The lowest BCUT2D eigenvalue weighted by molar-refractivity contribution is -0.172. The number of piperidine rings is 1. The average Bonchev–Trinajstić information content (AvgIpc) is 2.68. The van der Waals surface area contributed by atoms with Gasteiger partial charge in [0.25, 0.3) is 5.91 Å². The van der Waals surface area contributed by atoms with Crippen molar-refractivity contribution in [2.45, 2.75) is 44.9 Å². The van der Waals surface area contributed by atoms with E-state index in [1.165, 1.54) is 0 Å². The van der Waals surface area contributed by atoms with Crippen LogP contribution in [-0.4, -0.2) is 67.0 Å². The van der Waals surface area contributed by atoms with Crippen LogP contribution in [0.15, 0.2) is 30.3 Å². The monoisotopic (exact) mass is 373 g/mol. The van der Waals surface area contributed by atoms with Crippen LogP contribution < -0.4 is 5.32 Å². The summed E-state index contributed by atoms with van der Waals surface area (Å²) < 4.78 is 5.83. The first kappa shape index (κ1) is 19.8. The van der Waals surface area contributed by atoms with Crippen molar-refractivity contribution in [1.82, 2.24) is 15.1 Å². The van der Waals surface area contributed by atoms with E-state index in [0.717, 1.165) is 38.0 Å². The molecule has 1 aromatic carbocycles. The number of rotatable bonds is 5. The normalized spacial score (nSPS) is 24.5. The standard InChI is InChI=1S/C21H31N3O3/c1-15(2)24-18(25)14-27-20(19(24)17-7-5-4-6-8-17)21(26)23-11-9-16(10-12-23)13-22-3/h4-8,15-16,19-20,22H,9-14H2,1-3H3/t19-,20+/m1/s1. The summed E-state index contributed by atoms with van der Waals surface area (Å²) in [5.74, 6) is 0.561. The van der Waals surface area contributed by atoms with E-state index in [1.807, 2.05) is 61.0 Å². The molecule has 6 heteroatoms. The van der Waals surface area contributed by atoms with E-state index < -0.39 is 6.10 Å². The number of hydrogen-bond donors (Lipinski definition) is 1. The first-order valence-electron chi connectivity index (χ1n) is 9.94. The molecule has 1 aromatic rings. The SMILES string of the molecule is CNCC1CCN(C(=O)[C@H]2OCC(=O)N(C(C)C)[C@@H]2c2ccccc2)CC1. The predicted octanol–water partition coefficient (Wildman–Crippen LogP) is 1.82. The molecule has 1 N–H and O–H groups in total. The number of benzene rings is 1. The minimum atomic E-state index is -0.645. The number of ether oxygens (including phenoxy) is 1. The van der Waals surface area contributed by atoms with Crippen LogP contribution in [0, 0.1) is 5.92 Å². The lowest BCUT2D eigenvalue weighted by Crippen LogP contribution is -2.57. The van der Waals surface area contributed by atoms with E-state index in [0.29, 0.717) is 5.92 Å². The fourth-order valence-electron chi connectivity index (χ4n) is 4.25. The van der Waals surface area contributed by atoms with E-state index in [4.69, 9.17) is 4.74 Å². The molecule has 0 aromatic heterocycles. The second kappa shape index (κ2) is 8.85. The van der Waals surface area contributed by atoms with Crippen LogP contribution >= 0.6 is 0 Å². The highest BCUT2D eigenvalue weighted by Gasteiger charge is 2.44. The maximum absolute atomic E-state index is 13.3. The summed E-state index contributed by atoms with van der Waals surface area (Å²) in [6.45, 7) is 6.44. The molecular formula is C21H31N3O3. The van der Waals surface area contributed by atoms with Crippen LogP contribution in [-0.2, 0) is 14.3 Å². The number of nitrogens with zero attached hydrogens (tertiary/aromatic N) is 2. The molecule has 0 aliphatic carbocycles. The van der Waals surface area contributed by atoms with E-state index in [1.54, 1.807) is 0 Å². The highest BCUT2D eigenvalue weighted by Crippen LogP contribution is 2.33. The minimum absolute atomic E-state index is 0.00303. The van der Waals surface area contributed by atoms with Gasteiger partial charge in [0.1, 0.15) is 6.61 Å². The van der Waals surface area contributed by atoms with Crippen LogP contribution in [0.5, 0.6) is 0 Å². The predicted molar refractivity (Wildman–Crippen MR) is 104 cm³/mol. The van der Waals surface area contributed by atoms with Crippen LogP contribution in [0.25, 0.3) is 0 Å².